The third kappa shape index (κ3) is 4.60. The molecule has 142 valence electrons. The van der Waals surface area contributed by atoms with Crippen molar-refractivity contribution in [2.75, 3.05) is 16.8 Å². The van der Waals surface area contributed by atoms with E-state index in [0.29, 0.717) is 11.4 Å². The SMILES string of the molecule is NS(=O)(=O)c1ccc(NC(=O)N[C@@H]2CC(=O)N(c3cccc(F)c3)C2)cc1. The number of benzene rings is 2. The van der Waals surface area contributed by atoms with E-state index >= 15 is 0 Å². The summed E-state index contributed by atoms with van der Waals surface area (Å²) in [5.41, 5.74) is 0.800. The summed E-state index contributed by atoms with van der Waals surface area (Å²) in [6.45, 7) is 0.222. The molecule has 0 spiro atoms. The molecular formula is C17H17FN4O4S. The Morgan fingerprint density at radius 3 is 2.52 bits per heavy atom. The number of amides is 3. The lowest BCUT2D eigenvalue weighted by Gasteiger charge is -2.17. The minimum absolute atomic E-state index is 0.0689. The predicted molar refractivity (Wildman–Crippen MR) is 97.1 cm³/mol. The van der Waals surface area contributed by atoms with Gasteiger partial charge in [-0.15, -0.1) is 0 Å². The molecule has 1 aliphatic rings. The largest absolute Gasteiger partial charge is 0.333 e. The lowest BCUT2D eigenvalue weighted by Crippen LogP contribution is -2.39. The Balaban J connectivity index is 1.59. The molecule has 1 atom stereocenters. The number of carbonyl (C=O) groups is 2. The molecule has 0 aromatic heterocycles. The highest BCUT2D eigenvalue weighted by atomic mass is 32.2. The van der Waals surface area contributed by atoms with Crippen molar-refractivity contribution < 1.29 is 22.4 Å². The molecule has 3 rings (SSSR count). The summed E-state index contributed by atoms with van der Waals surface area (Å²) in [4.78, 5) is 25.6. The van der Waals surface area contributed by atoms with Crippen LogP contribution in [-0.2, 0) is 14.8 Å². The smallest absolute Gasteiger partial charge is 0.319 e. The van der Waals surface area contributed by atoms with Gasteiger partial charge >= 0.3 is 6.03 Å². The molecule has 1 saturated heterocycles. The van der Waals surface area contributed by atoms with Gasteiger partial charge in [0.25, 0.3) is 0 Å². The van der Waals surface area contributed by atoms with E-state index in [-0.39, 0.29) is 23.8 Å². The van der Waals surface area contributed by atoms with Crippen LogP contribution in [-0.4, -0.2) is 32.9 Å². The molecule has 3 amide bonds. The van der Waals surface area contributed by atoms with Gasteiger partial charge in [-0.25, -0.2) is 22.7 Å². The second-order valence-corrected chi connectivity index (χ2v) is 7.61. The first kappa shape index (κ1) is 18.8. The molecule has 1 aliphatic heterocycles. The molecule has 8 nitrogen and oxygen atoms in total. The number of sulfonamides is 1. The van der Waals surface area contributed by atoms with E-state index < -0.39 is 27.9 Å². The van der Waals surface area contributed by atoms with Gasteiger partial charge in [0.2, 0.25) is 15.9 Å². The molecule has 4 N–H and O–H groups in total. The number of primary sulfonamides is 1. The maximum atomic E-state index is 13.3. The van der Waals surface area contributed by atoms with Gasteiger partial charge in [0.15, 0.2) is 0 Å². The number of urea groups is 1. The average molecular weight is 392 g/mol. The zero-order valence-electron chi connectivity index (χ0n) is 14.1. The molecule has 27 heavy (non-hydrogen) atoms. The van der Waals surface area contributed by atoms with E-state index in [9.17, 15) is 22.4 Å². The van der Waals surface area contributed by atoms with Gasteiger partial charge in [0.1, 0.15) is 5.82 Å². The number of hydrogen-bond acceptors (Lipinski definition) is 4. The van der Waals surface area contributed by atoms with E-state index in [0.717, 1.165) is 0 Å². The summed E-state index contributed by atoms with van der Waals surface area (Å²) < 4.78 is 35.8. The minimum atomic E-state index is -3.81. The monoisotopic (exact) mass is 392 g/mol. The van der Waals surface area contributed by atoms with Crippen LogP contribution in [0.2, 0.25) is 0 Å². The Kier molecular flexibility index (Phi) is 5.10. The lowest BCUT2D eigenvalue weighted by molar-refractivity contribution is -0.117. The van der Waals surface area contributed by atoms with E-state index in [4.69, 9.17) is 5.14 Å². The van der Waals surface area contributed by atoms with E-state index in [1.807, 2.05) is 0 Å². The topological polar surface area (TPSA) is 122 Å². The third-order valence-corrected chi connectivity index (χ3v) is 4.95. The van der Waals surface area contributed by atoms with Crippen LogP contribution in [0.1, 0.15) is 6.42 Å². The van der Waals surface area contributed by atoms with Crippen LogP contribution < -0.4 is 20.7 Å². The van der Waals surface area contributed by atoms with Crippen molar-refractivity contribution in [3.05, 3.63) is 54.3 Å². The molecule has 1 heterocycles. The predicted octanol–water partition coefficient (Wildman–Crippen LogP) is 1.40. The molecule has 0 bridgehead atoms. The number of nitrogens with two attached hydrogens (primary N) is 1. The van der Waals surface area contributed by atoms with Crippen LogP contribution in [0.4, 0.5) is 20.6 Å². The van der Waals surface area contributed by atoms with Crippen molar-refractivity contribution >= 4 is 33.3 Å². The summed E-state index contributed by atoms with van der Waals surface area (Å²) in [6, 6.07) is 10.0. The fraction of sp³-hybridized carbons (Fsp3) is 0.176. The van der Waals surface area contributed by atoms with Crippen molar-refractivity contribution in [3.8, 4) is 0 Å². The Morgan fingerprint density at radius 2 is 1.89 bits per heavy atom. The number of carbonyl (C=O) groups excluding carboxylic acids is 2. The first-order valence-corrected chi connectivity index (χ1v) is 9.53. The van der Waals surface area contributed by atoms with Crippen LogP contribution in [0, 0.1) is 5.82 Å². The van der Waals surface area contributed by atoms with E-state index in [2.05, 4.69) is 10.6 Å². The van der Waals surface area contributed by atoms with E-state index in [1.54, 1.807) is 6.07 Å². The molecule has 0 saturated carbocycles. The van der Waals surface area contributed by atoms with Crippen molar-refractivity contribution in [1.29, 1.82) is 0 Å². The summed E-state index contributed by atoms with van der Waals surface area (Å²) in [5, 5.41) is 10.2. The Hall–Kier alpha value is -2.98. The number of nitrogens with one attached hydrogen (secondary N) is 2. The number of rotatable bonds is 4. The quantitative estimate of drug-likeness (QED) is 0.728. The Morgan fingerprint density at radius 1 is 1.19 bits per heavy atom. The van der Waals surface area contributed by atoms with Crippen LogP contribution in [0.15, 0.2) is 53.4 Å². The second-order valence-electron chi connectivity index (χ2n) is 6.05. The average Bonchev–Trinajstić information content (AvgIpc) is 2.94. The van der Waals surface area contributed by atoms with Gasteiger partial charge in [-0.05, 0) is 42.5 Å². The standard InChI is InChI=1S/C17H17FN4O4S/c18-11-2-1-3-14(8-11)22-10-13(9-16(22)23)21-17(24)20-12-4-6-15(7-5-12)27(19,25)26/h1-8,13H,9-10H2,(H2,19,25,26)(H2,20,21,24)/t13-/m1/s1. The number of nitrogens with zero attached hydrogens (tertiary/aromatic N) is 1. The zero-order chi connectivity index (χ0) is 19.6. The Bertz CT molecular complexity index is 979. The summed E-state index contributed by atoms with van der Waals surface area (Å²) in [5.74, 6) is -0.666. The van der Waals surface area contributed by atoms with Crippen LogP contribution in [0.3, 0.4) is 0 Å². The summed E-state index contributed by atoms with van der Waals surface area (Å²) in [6.07, 6.45) is 0.0916. The normalized spacial score (nSPS) is 17.0. The molecule has 0 unspecified atom stereocenters. The molecule has 2 aromatic rings. The van der Waals surface area contributed by atoms with Gasteiger partial charge in [-0.1, -0.05) is 6.07 Å². The first-order chi connectivity index (χ1) is 12.7. The fourth-order valence-corrected chi connectivity index (χ4v) is 3.29. The number of anilines is 2. The number of hydrogen-bond donors (Lipinski definition) is 3. The molecular weight excluding hydrogens is 375 g/mol. The maximum Gasteiger partial charge on any atom is 0.319 e. The van der Waals surface area contributed by atoms with Crippen molar-refractivity contribution in [2.45, 2.75) is 17.4 Å². The molecule has 1 fully saturated rings. The van der Waals surface area contributed by atoms with Gasteiger partial charge in [-0.2, -0.15) is 0 Å². The van der Waals surface area contributed by atoms with Crippen molar-refractivity contribution in [2.24, 2.45) is 5.14 Å². The highest BCUT2D eigenvalue weighted by molar-refractivity contribution is 7.89. The summed E-state index contributed by atoms with van der Waals surface area (Å²) >= 11 is 0. The van der Waals surface area contributed by atoms with Crippen LogP contribution in [0.25, 0.3) is 0 Å². The van der Waals surface area contributed by atoms with Gasteiger partial charge in [-0.3, -0.25) is 4.79 Å². The highest BCUT2D eigenvalue weighted by Gasteiger charge is 2.31. The van der Waals surface area contributed by atoms with Gasteiger partial charge in [0.05, 0.1) is 10.9 Å². The second kappa shape index (κ2) is 7.33. The zero-order valence-corrected chi connectivity index (χ0v) is 14.9. The molecule has 10 heteroatoms. The van der Waals surface area contributed by atoms with Crippen molar-refractivity contribution in [3.63, 3.8) is 0 Å². The third-order valence-electron chi connectivity index (χ3n) is 4.02. The van der Waals surface area contributed by atoms with Gasteiger partial charge < -0.3 is 15.5 Å². The van der Waals surface area contributed by atoms with Crippen molar-refractivity contribution in [1.82, 2.24) is 5.32 Å². The number of halogens is 1. The van der Waals surface area contributed by atoms with Crippen LogP contribution in [0.5, 0.6) is 0 Å². The fourth-order valence-electron chi connectivity index (χ4n) is 2.78. The molecule has 0 radical (unpaired) electrons. The van der Waals surface area contributed by atoms with Crippen LogP contribution >= 0.6 is 0 Å². The maximum absolute atomic E-state index is 13.3. The lowest BCUT2D eigenvalue weighted by atomic mass is 10.2. The first-order valence-electron chi connectivity index (χ1n) is 7.99. The Labute approximate surface area is 155 Å². The summed E-state index contributed by atoms with van der Waals surface area (Å²) in [7, 11) is -3.81. The van der Waals surface area contributed by atoms with Gasteiger partial charge in [0, 0.05) is 24.3 Å². The van der Waals surface area contributed by atoms with E-state index in [1.165, 1.54) is 47.4 Å². The minimum Gasteiger partial charge on any atom is -0.333 e. The highest BCUT2D eigenvalue weighted by Crippen LogP contribution is 2.22. The molecule has 2 aromatic carbocycles. The molecule has 0 aliphatic carbocycles.